The van der Waals surface area contributed by atoms with Crippen molar-refractivity contribution >= 4 is 22.4 Å². The van der Waals surface area contributed by atoms with Gasteiger partial charge in [-0.25, -0.2) is 14.4 Å². The molecular weight excluding hydrogens is 485 g/mol. The number of fused-ring (bicyclic) bond motifs is 1. The van der Waals surface area contributed by atoms with Gasteiger partial charge in [0.2, 0.25) is 0 Å². The number of aryl methyl sites for hydroxylation is 2. The molecular formula is C26H25F3N6O2. The minimum atomic E-state index is -3.03. The van der Waals surface area contributed by atoms with Crippen LogP contribution in [0.5, 0.6) is 5.75 Å². The lowest BCUT2D eigenvalue weighted by Gasteiger charge is -2.38. The summed E-state index contributed by atoms with van der Waals surface area (Å²) in [6.07, 6.45) is 3.08. The van der Waals surface area contributed by atoms with Crippen molar-refractivity contribution in [2.45, 2.75) is 27.0 Å². The number of alkyl halides is 2. The van der Waals surface area contributed by atoms with Crippen molar-refractivity contribution in [2.75, 3.05) is 36.0 Å². The molecule has 1 aromatic carbocycles. The van der Waals surface area contributed by atoms with Gasteiger partial charge in [0.15, 0.2) is 0 Å². The molecule has 0 unspecified atom stereocenters. The minimum absolute atomic E-state index is 0.109. The van der Waals surface area contributed by atoms with E-state index in [-0.39, 0.29) is 29.4 Å². The van der Waals surface area contributed by atoms with Crippen LogP contribution < -0.4 is 20.1 Å². The van der Waals surface area contributed by atoms with Crippen molar-refractivity contribution in [1.29, 1.82) is 0 Å². The molecule has 3 aromatic heterocycles. The number of anilines is 2. The zero-order valence-electron chi connectivity index (χ0n) is 20.4. The summed E-state index contributed by atoms with van der Waals surface area (Å²) in [6.45, 7) is 2.47. The molecule has 5 rings (SSSR count). The first kappa shape index (κ1) is 24.5. The molecule has 4 aromatic rings. The molecule has 0 spiro atoms. The molecule has 11 heteroatoms. The summed E-state index contributed by atoms with van der Waals surface area (Å²) in [6, 6.07) is 9.62. The van der Waals surface area contributed by atoms with Gasteiger partial charge in [-0.1, -0.05) is 12.1 Å². The Balaban J connectivity index is 1.51. The van der Waals surface area contributed by atoms with Crippen molar-refractivity contribution in [1.82, 2.24) is 19.5 Å². The van der Waals surface area contributed by atoms with Gasteiger partial charge in [0.05, 0.1) is 12.2 Å². The number of aromatic nitrogens is 4. The maximum atomic E-state index is 14.5. The third-order valence-electron chi connectivity index (χ3n) is 6.43. The number of hydrogen-bond donors (Lipinski definition) is 0. The Hall–Kier alpha value is -4.15. The SMILES string of the molecule is Cc1ncc2cc(N3CCN(c4c(C)cccc4F)CC3)c(=O)n(Cc3ncccc3OC(F)F)c2n1. The number of para-hydroxylation sites is 1. The fourth-order valence-electron chi connectivity index (χ4n) is 4.69. The van der Waals surface area contributed by atoms with E-state index in [0.717, 1.165) is 5.56 Å². The minimum Gasteiger partial charge on any atom is -0.433 e. The second-order valence-corrected chi connectivity index (χ2v) is 8.82. The number of piperazine rings is 1. The molecule has 0 radical (unpaired) electrons. The van der Waals surface area contributed by atoms with Crippen LogP contribution in [0, 0.1) is 19.7 Å². The van der Waals surface area contributed by atoms with Crippen molar-refractivity contribution < 1.29 is 17.9 Å². The normalized spacial score (nSPS) is 14.0. The number of rotatable bonds is 6. The number of nitrogens with zero attached hydrogens (tertiary/aromatic N) is 6. The van der Waals surface area contributed by atoms with Crippen LogP contribution >= 0.6 is 0 Å². The maximum Gasteiger partial charge on any atom is 0.387 e. The van der Waals surface area contributed by atoms with Gasteiger partial charge < -0.3 is 14.5 Å². The van der Waals surface area contributed by atoms with Crippen LogP contribution in [0.4, 0.5) is 24.5 Å². The highest BCUT2D eigenvalue weighted by molar-refractivity contribution is 5.78. The van der Waals surface area contributed by atoms with Crippen molar-refractivity contribution in [3.05, 3.63) is 82.0 Å². The fourth-order valence-corrected chi connectivity index (χ4v) is 4.69. The van der Waals surface area contributed by atoms with E-state index in [1.165, 1.54) is 29.0 Å². The Kier molecular flexibility index (Phi) is 6.68. The molecule has 0 atom stereocenters. The molecule has 1 aliphatic rings. The Labute approximate surface area is 211 Å². The number of ether oxygens (including phenoxy) is 1. The molecule has 0 bridgehead atoms. The van der Waals surface area contributed by atoms with Gasteiger partial charge in [0.25, 0.3) is 5.56 Å². The standard InChI is InChI=1S/C26H25F3N6O2/c1-16-5-3-6-19(27)23(16)34-11-9-33(10-12-34)21-13-18-14-31-17(2)32-24(18)35(25(21)36)15-20-22(37-26(28)29)7-4-8-30-20/h3-8,13-14,26H,9-12,15H2,1-2H3. The highest BCUT2D eigenvalue weighted by Crippen LogP contribution is 2.27. The van der Waals surface area contributed by atoms with E-state index in [1.807, 2.05) is 22.8 Å². The molecule has 192 valence electrons. The Morgan fingerprint density at radius 3 is 2.51 bits per heavy atom. The van der Waals surface area contributed by atoms with Crippen LogP contribution in [-0.4, -0.2) is 52.3 Å². The van der Waals surface area contributed by atoms with E-state index in [0.29, 0.717) is 54.4 Å². The molecule has 1 fully saturated rings. The monoisotopic (exact) mass is 510 g/mol. The molecule has 0 amide bonds. The van der Waals surface area contributed by atoms with Crippen LogP contribution in [0.2, 0.25) is 0 Å². The second kappa shape index (κ2) is 10.1. The quantitative estimate of drug-likeness (QED) is 0.389. The summed E-state index contributed by atoms with van der Waals surface area (Å²) in [5.74, 6) is 0.0844. The third kappa shape index (κ3) is 4.93. The molecule has 0 saturated carbocycles. The Morgan fingerprint density at radius 1 is 1.03 bits per heavy atom. The number of pyridine rings is 2. The number of halogens is 3. The molecule has 1 aliphatic heterocycles. The third-order valence-corrected chi connectivity index (χ3v) is 6.43. The average molecular weight is 511 g/mol. The van der Waals surface area contributed by atoms with Gasteiger partial charge >= 0.3 is 6.61 Å². The molecule has 8 nitrogen and oxygen atoms in total. The number of hydrogen-bond acceptors (Lipinski definition) is 7. The lowest BCUT2D eigenvalue weighted by atomic mass is 10.1. The molecule has 4 heterocycles. The van der Waals surface area contributed by atoms with Gasteiger partial charge in [-0.05, 0) is 43.7 Å². The fraction of sp³-hybridized carbons (Fsp3) is 0.308. The van der Waals surface area contributed by atoms with E-state index in [2.05, 4.69) is 19.7 Å². The summed E-state index contributed by atoms with van der Waals surface area (Å²) >= 11 is 0. The number of benzene rings is 1. The highest BCUT2D eigenvalue weighted by Gasteiger charge is 2.24. The first-order chi connectivity index (χ1) is 17.8. The zero-order chi connectivity index (χ0) is 26.1. The zero-order valence-corrected chi connectivity index (χ0v) is 20.4. The lowest BCUT2D eigenvalue weighted by Crippen LogP contribution is -2.49. The molecule has 1 saturated heterocycles. The van der Waals surface area contributed by atoms with Crippen LogP contribution in [0.15, 0.2) is 53.6 Å². The van der Waals surface area contributed by atoms with Gasteiger partial charge in [-0.2, -0.15) is 8.78 Å². The summed E-state index contributed by atoms with van der Waals surface area (Å²) in [5, 5.41) is 0.625. The van der Waals surface area contributed by atoms with Crippen molar-refractivity contribution in [2.24, 2.45) is 0 Å². The van der Waals surface area contributed by atoms with E-state index >= 15 is 0 Å². The second-order valence-electron chi connectivity index (χ2n) is 8.82. The van der Waals surface area contributed by atoms with Crippen molar-refractivity contribution in [3.63, 3.8) is 0 Å². The van der Waals surface area contributed by atoms with Gasteiger partial charge in [0, 0.05) is 44.0 Å². The Bertz CT molecular complexity index is 1480. The maximum absolute atomic E-state index is 14.5. The average Bonchev–Trinajstić information content (AvgIpc) is 2.87. The summed E-state index contributed by atoms with van der Waals surface area (Å²) in [4.78, 5) is 30.6. The summed E-state index contributed by atoms with van der Waals surface area (Å²) < 4.78 is 46.5. The van der Waals surface area contributed by atoms with Crippen LogP contribution in [0.3, 0.4) is 0 Å². The first-order valence-corrected chi connectivity index (χ1v) is 11.8. The van der Waals surface area contributed by atoms with E-state index in [1.54, 1.807) is 25.3 Å². The van der Waals surface area contributed by atoms with Gasteiger partial charge in [0.1, 0.15) is 34.4 Å². The van der Waals surface area contributed by atoms with Crippen LogP contribution in [-0.2, 0) is 6.54 Å². The molecule has 0 N–H and O–H groups in total. The molecule has 0 aliphatic carbocycles. The highest BCUT2D eigenvalue weighted by atomic mass is 19.3. The summed E-state index contributed by atoms with van der Waals surface area (Å²) in [7, 11) is 0. The predicted molar refractivity (Wildman–Crippen MR) is 134 cm³/mol. The van der Waals surface area contributed by atoms with Crippen molar-refractivity contribution in [3.8, 4) is 5.75 Å². The van der Waals surface area contributed by atoms with Gasteiger partial charge in [-0.3, -0.25) is 14.3 Å². The summed E-state index contributed by atoms with van der Waals surface area (Å²) in [5.41, 5.74) is 2.07. The van der Waals surface area contributed by atoms with E-state index in [9.17, 15) is 18.0 Å². The predicted octanol–water partition coefficient (Wildman–Crippen LogP) is 3.92. The van der Waals surface area contributed by atoms with Crippen LogP contribution in [0.1, 0.15) is 17.1 Å². The van der Waals surface area contributed by atoms with E-state index in [4.69, 9.17) is 0 Å². The molecule has 37 heavy (non-hydrogen) atoms. The van der Waals surface area contributed by atoms with Gasteiger partial charge in [-0.15, -0.1) is 0 Å². The van der Waals surface area contributed by atoms with E-state index < -0.39 is 6.61 Å². The van der Waals surface area contributed by atoms with Crippen LogP contribution in [0.25, 0.3) is 11.0 Å². The smallest absolute Gasteiger partial charge is 0.387 e. The Morgan fingerprint density at radius 2 is 1.78 bits per heavy atom. The largest absolute Gasteiger partial charge is 0.433 e. The topological polar surface area (TPSA) is 76.4 Å². The first-order valence-electron chi connectivity index (χ1n) is 11.8. The lowest BCUT2D eigenvalue weighted by molar-refractivity contribution is -0.0507.